The molecule has 2 aromatic carbocycles. The molecule has 2 aliphatic rings. The number of nitrogens with zero attached hydrogens (tertiary/aromatic N) is 1. The molecule has 1 spiro atoms. The molecule has 2 aliphatic heterocycles. The fourth-order valence-corrected chi connectivity index (χ4v) is 3.44. The van der Waals surface area contributed by atoms with Crippen LogP contribution in [-0.2, 0) is 9.47 Å². The smallest absolute Gasteiger partial charge is 0.255 e. The van der Waals surface area contributed by atoms with Crippen molar-refractivity contribution in [2.24, 2.45) is 0 Å². The minimum Gasteiger partial charge on any atom is -0.371 e. The molecule has 5 heteroatoms. The van der Waals surface area contributed by atoms with Crippen molar-refractivity contribution in [3.8, 4) is 0 Å². The molecule has 0 aliphatic carbocycles. The van der Waals surface area contributed by atoms with Gasteiger partial charge in [-0.3, -0.25) is 4.79 Å². The number of piperidine rings is 1. The van der Waals surface area contributed by atoms with Gasteiger partial charge in [0.25, 0.3) is 5.91 Å². The van der Waals surface area contributed by atoms with E-state index in [9.17, 15) is 4.79 Å². The number of amides is 1. The first kappa shape index (κ1) is 16.1. The second kappa shape index (κ2) is 6.86. The Hall–Kier alpha value is -2.37. The average molecular weight is 338 g/mol. The van der Waals surface area contributed by atoms with Crippen molar-refractivity contribution in [3.05, 3.63) is 60.2 Å². The van der Waals surface area contributed by atoms with Gasteiger partial charge in [-0.2, -0.15) is 0 Å². The second-order valence-corrected chi connectivity index (χ2v) is 6.46. The van der Waals surface area contributed by atoms with Gasteiger partial charge in [-0.05, 0) is 36.4 Å². The van der Waals surface area contributed by atoms with E-state index < -0.39 is 0 Å². The van der Waals surface area contributed by atoms with E-state index in [1.807, 2.05) is 30.3 Å². The van der Waals surface area contributed by atoms with Crippen LogP contribution >= 0.6 is 0 Å². The van der Waals surface area contributed by atoms with Gasteiger partial charge in [0.2, 0.25) is 0 Å². The van der Waals surface area contributed by atoms with Gasteiger partial charge in [0.1, 0.15) is 0 Å². The van der Waals surface area contributed by atoms with E-state index in [0.717, 1.165) is 37.3 Å². The molecule has 2 aromatic rings. The Morgan fingerprint density at radius 3 is 2.20 bits per heavy atom. The van der Waals surface area contributed by atoms with Gasteiger partial charge < -0.3 is 19.7 Å². The molecule has 1 N–H and O–H groups in total. The highest BCUT2D eigenvalue weighted by atomic mass is 16.7. The quantitative estimate of drug-likeness (QED) is 0.933. The SMILES string of the molecule is O=C(Nc1ccc(N2CCC3(CC2)OCCO3)cc1)c1ccccc1. The van der Waals surface area contributed by atoms with Crippen molar-refractivity contribution >= 4 is 17.3 Å². The predicted octanol–water partition coefficient (Wildman–Crippen LogP) is 3.28. The molecule has 2 heterocycles. The van der Waals surface area contributed by atoms with Crippen LogP contribution in [0.2, 0.25) is 0 Å². The van der Waals surface area contributed by atoms with Crippen molar-refractivity contribution in [2.45, 2.75) is 18.6 Å². The Labute approximate surface area is 147 Å². The van der Waals surface area contributed by atoms with Crippen LogP contribution in [0.4, 0.5) is 11.4 Å². The summed E-state index contributed by atoms with van der Waals surface area (Å²) in [5.74, 6) is -0.441. The third kappa shape index (κ3) is 3.52. The van der Waals surface area contributed by atoms with Crippen molar-refractivity contribution in [1.82, 2.24) is 0 Å². The van der Waals surface area contributed by atoms with Gasteiger partial charge >= 0.3 is 0 Å². The highest BCUT2D eigenvalue weighted by Crippen LogP contribution is 2.33. The summed E-state index contributed by atoms with van der Waals surface area (Å²) in [7, 11) is 0. The van der Waals surface area contributed by atoms with Crippen LogP contribution in [0.25, 0.3) is 0 Å². The molecular formula is C20H22N2O3. The Morgan fingerprint density at radius 1 is 0.920 bits per heavy atom. The first-order chi connectivity index (χ1) is 12.2. The molecule has 25 heavy (non-hydrogen) atoms. The number of rotatable bonds is 3. The summed E-state index contributed by atoms with van der Waals surface area (Å²) in [6.07, 6.45) is 1.78. The van der Waals surface area contributed by atoms with Crippen LogP contribution < -0.4 is 10.2 Å². The fraction of sp³-hybridized carbons (Fsp3) is 0.350. The lowest BCUT2D eigenvalue weighted by molar-refractivity contribution is -0.169. The molecule has 0 saturated carbocycles. The number of ether oxygens (including phenoxy) is 2. The number of carbonyl (C=O) groups is 1. The van der Waals surface area contributed by atoms with Crippen LogP contribution in [0.5, 0.6) is 0 Å². The largest absolute Gasteiger partial charge is 0.371 e. The van der Waals surface area contributed by atoms with Gasteiger partial charge in [0, 0.05) is 42.9 Å². The van der Waals surface area contributed by atoms with Gasteiger partial charge in [-0.15, -0.1) is 0 Å². The first-order valence-corrected chi connectivity index (χ1v) is 8.73. The van der Waals surface area contributed by atoms with Crippen LogP contribution in [-0.4, -0.2) is 38.0 Å². The summed E-state index contributed by atoms with van der Waals surface area (Å²) in [5.41, 5.74) is 2.61. The Morgan fingerprint density at radius 2 is 1.56 bits per heavy atom. The molecule has 4 rings (SSSR count). The van der Waals surface area contributed by atoms with Crippen molar-refractivity contribution in [3.63, 3.8) is 0 Å². The van der Waals surface area contributed by atoms with E-state index in [1.165, 1.54) is 0 Å². The lowest BCUT2D eigenvalue weighted by Crippen LogP contribution is -2.45. The number of hydrogen-bond donors (Lipinski definition) is 1. The minimum absolute atomic E-state index is 0.0937. The minimum atomic E-state index is -0.347. The average Bonchev–Trinajstić information content (AvgIpc) is 3.12. The number of benzene rings is 2. The monoisotopic (exact) mass is 338 g/mol. The van der Waals surface area contributed by atoms with Gasteiger partial charge in [-0.25, -0.2) is 0 Å². The Bertz CT molecular complexity index is 714. The van der Waals surface area contributed by atoms with Gasteiger partial charge in [0.05, 0.1) is 13.2 Å². The maximum Gasteiger partial charge on any atom is 0.255 e. The Balaban J connectivity index is 1.37. The maximum atomic E-state index is 12.2. The topological polar surface area (TPSA) is 50.8 Å². The molecule has 5 nitrogen and oxygen atoms in total. The molecule has 0 radical (unpaired) electrons. The highest BCUT2D eigenvalue weighted by Gasteiger charge is 2.39. The summed E-state index contributed by atoms with van der Waals surface area (Å²) in [4.78, 5) is 14.5. The zero-order chi connectivity index (χ0) is 17.1. The summed E-state index contributed by atoms with van der Waals surface area (Å²) >= 11 is 0. The molecule has 0 aromatic heterocycles. The summed E-state index contributed by atoms with van der Waals surface area (Å²) in [5, 5.41) is 2.93. The third-order valence-corrected chi connectivity index (χ3v) is 4.87. The fourth-order valence-electron chi connectivity index (χ4n) is 3.44. The molecular weight excluding hydrogens is 316 g/mol. The molecule has 0 bridgehead atoms. The number of hydrogen-bond acceptors (Lipinski definition) is 4. The number of carbonyl (C=O) groups excluding carboxylic acids is 1. The summed E-state index contributed by atoms with van der Waals surface area (Å²) in [6, 6.07) is 17.2. The van der Waals surface area contributed by atoms with Crippen LogP contribution in [0.15, 0.2) is 54.6 Å². The van der Waals surface area contributed by atoms with E-state index in [0.29, 0.717) is 18.8 Å². The van der Waals surface area contributed by atoms with Crippen molar-refractivity contribution in [1.29, 1.82) is 0 Å². The van der Waals surface area contributed by atoms with Crippen molar-refractivity contribution < 1.29 is 14.3 Å². The maximum absolute atomic E-state index is 12.2. The molecule has 1 amide bonds. The Kier molecular flexibility index (Phi) is 4.42. The zero-order valence-corrected chi connectivity index (χ0v) is 14.1. The van der Waals surface area contributed by atoms with E-state index in [1.54, 1.807) is 12.1 Å². The second-order valence-electron chi connectivity index (χ2n) is 6.46. The molecule has 2 fully saturated rings. The number of anilines is 2. The standard InChI is InChI=1S/C20H22N2O3/c23-19(16-4-2-1-3-5-16)21-17-6-8-18(9-7-17)22-12-10-20(11-13-22)24-14-15-25-20/h1-9H,10-15H2,(H,21,23). The summed E-state index contributed by atoms with van der Waals surface area (Å²) in [6.45, 7) is 3.23. The lowest BCUT2D eigenvalue weighted by atomic mass is 10.0. The summed E-state index contributed by atoms with van der Waals surface area (Å²) < 4.78 is 11.5. The van der Waals surface area contributed by atoms with E-state index in [4.69, 9.17) is 9.47 Å². The lowest BCUT2D eigenvalue weighted by Gasteiger charge is -2.38. The molecule has 2 saturated heterocycles. The van der Waals surface area contributed by atoms with E-state index >= 15 is 0 Å². The van der Waals surface area contributed by atoms with Crippen LogP contribution in [0.1, 0.15) is 23.2 Å². The molecule has 130 valence electrons. The van der Waals surface area contributed by atoms with E-state index in [2.05, 4.69) is 22.3 Å². The van der Waals surface area contributed by atoms with Crippen molar-refractivity contribution in [2.75, 3.05) is 36.5 Å². The molecule has 0 atom stereocenters. The highest BCUT2D eigenvalue weighted by molar-refractivity contribution is 6.04. The van der Waals surface area contributed by atoms with E-state index in [-0.39, 0.29) is 11.7 Å². The molecule has 0 unspecified atom stereocenters. The van der Waals surface area contributed by atoms with Gasteiger partial charge in [0.15, 0.2) is 5.79 Å². The predicted molar refractivity (Wildman–Crippen MR) is 96.9 cm³/mol. The zero-order valence-electron chi connectivity index (χ0n) is 14.1. The van der Waals surface area contributed by atoms with Crippen LogP contribution in [0, 0.1) is 0 Å². The third-order valence-electron chi connectivity index (χ3n) is 4.87. The van der Waals surface area contributed by atoms with Gasteiger partial charge in [-0.1, -0.05) is 18.2 Å². The normalized spacial score (nSPS) is 19.1. The van der Waals surface area contributed by atoms with Crippen LogP contribution in [0.3, 0.4) is 0 Å². The first-order valence-electron chi connectivity index (χ1n) is 8.73. The number of nitrogens with one attached hydrogen (secondary N) is 1.